The molecule has 1 aliphatic rings. The first-order chi connectivity index (χ1) is 18.5. The molecule has 0 unspecified atom stereocenters. The van der Waals surface area contributed by atoms with E-state index >= 15 is 0 Å². The largest absolute Gasteiger partial charge is 0.493 e. The maximum Gasteiger partial charge on any atom is 0.303 e. The molecule has 0 amide bonds. The predicted molar refractivity (Wildman–Crippen MR) is 141 cm³/mol. The highest BCUT2D eigenvalue weighted by molar-refractivity contribution is 7.99. The van der Waals surface area contributed by atoms with E-state index in [-0.39, 0.29) is 12.5 Å². The van der Waals surface area contributed by atoms with Crippen LogP contribution >= 0.6 is 46.3 Å². The van der Waals surface area contributed by atoms with Gasteiger partial charge in [0, 0.05) is 25.7 Å². The topological polar surface area (TPSA) is 152 Å². The number of hydrogen-bond donors (Lipinski definition) is 1. The molecule has 1 aliphatic heterocycles. The monoisotopic (exact) mass is 616 g/mol. The van der Waals surface area contributed by atoms with E-state index in [1.807, 2.05) is 0 Å². The van der Waals surface area contributed by atoms with Crippen molar-refractivity contribution in [3.05, 3.63) is 39.8 Å². The minimum Gasteiger partial charge on any atom is -0.493 e. The number of thiazole rings is 1. The maximum atomic E-state index is 12.3. The van der Waals surface area contributed by atoms with Gasteiger partial charge < -0.3 is 24.1 Å². The van der Waals surface area contributed by atoms with Gasteiger partial charge in [0.05, 0.1) is 21.6 Å². The highest BCUT2D eigenvalue weighted by atomic mass is 35.5. The van der Waals surface area contributed by atoms with Crippen molar-refractivity contribution in [3.63, 3.8) is 0 Å². The van der Waals surface area contributed by atoms with Gasteiger partial charge in [-0.1, -0.05) is 40.2 Å². The lowest BCUT2D eigenvalue weighted by molar-refractivity contribution is -0.212. The van der Waals surface area contributed by atoms with Crippen LogP contribution in [0.25, 0.3) is 10.7 Å². The summed E-state index contributed by atoms with van der Waals surface area (Å²) >= 11 is 14.6. The van der Waals surface area contributed by atoms with Gasteiger partial charge in [0.25, 0.3) is 0 Å². The summed E-state index contributed by atoms with van der Waals surface area (Å²) in [5.74, 6) is -2.02. The number of carbonyl (C=O) groups excluding carboxylic acids is 3. The van der Waals surface area contributed by atoms with Crippen molar-refractivity contribution in [2.75, 3.05) is 6.61 Å². The number of carbonyl (C=O) groups is 3. The van der Waals surface area contributed by atoms with Crippen molar-refractivity contribution in [2.45, 2.75) is 55.5 Å². The van der Waals surface area contributed by atoms with E-state index in [9.17, 15) is 19.5 Å². The van der Waals surface area contributed by atoms with Crippen molar-refractivity contribution in [1.29, 1.82) is 0 Å². The Kier molecular flexibility index (Phi) is 9.33. The maximum absolute atomic E-state index is 12.3. The van der Waals surface area contributed by atoms with Gasteiger partial charge in [-0.15, -0.1) is 16.4 Å². The zero-order chi connectivity index (χ0) is 28.3. The molecule has 12 nitrogen and oxygen atoms in total. The summed E-state index contributed by atoms with van der Waals surface area (Å²) in [6.45, 7) is 3.41. The summed E-state index contributed by atoms with van der Waals surface area (Å²) in [6.07, 6.45) is -1.65. The van der Waals surface area contributed by atoms with E-state index in [1.165, 1.54) is 48.8 Å². The van der Waals surface area contributed by atoms with Gasteiger partial charge in [0.15, 0.2) is 12.2 Å². The number of benzene rings is 1. The second kappa shape index (κ2) is 12.5. The van der Waals surface area contributed by atoms with Crippen LogP contribution in [0.1, 0.15) is 26.8 Å². The number of aromatic nitrogens is 4. The van der Waals surface area contributed by atoms with E-state index in [0.717, 1.165) is 11.3 Å². The summed E-state index contributed by atoms with van der Waals surface area (Å²) in [6, 6.07) is 3.98. The molecule has 1 saturated heterocycles. The number of rotatable bonds is 8. The molecule has 0 bridgehead atoms. The normalized spacial score (nSPS) is 22.7. The molecule has 16 heteroatoms. The Hall–Kier alpha value is -2.91. The molecule has 1 fully saturated rings. The number of aromatic hydroxyl groups is 1. The standard InChI is InChI=1S/C23H22Cl2N4O8S2/c1-10(30)34-8-17-20(35-11(2)31)19(29-7-16(27-28-29)22-26-18(33)9-38-22)21(36-12(3)32)23(37-17)39-13-4-5-14(24)15(25)6-13/h4-7,9,17,19-21,23,33H,8H2,1-3H3/t17-,19+,20+,21-,23-/m1/s1. The van der Waals surface area contributed by atoms with Gasteiger partial charge in [-0.3, -0.25) is 14.4 Å². The van der Waals surface area contributed by atoms with Gasteiger partial charge >= 0.3 is 17.9 Å². The van der Waals surface area contributed by atoms with Gasteiger partial charge in [-0.25, -0.2) is 9.67 Å². The second-order valence-corrected chi connectivity index (χ2v) is 11.1. The molecule has 39 heavy (non-hydrogen) atoms. The highest BCUT2D eigenvalue weighted by Crippen LogP contribution is 2.42. The fraction of sp³-hybridized carbons (Fsp3) is 0.391. The first-order valence-electron chi connectivity index (χ1n) is 11.3. The van der Waals surface area contributed by atoms with Gasteiger partial charge in [-0.05, 0) is 18.2 Å². The molecule has 1 aromatic carbocycles. The van der Waals surface area contributed by atoms with Crippen molar-refractivity contribution in [1.82, 2.24) is 20.0 Å². The lowest BCUT2D eigenvalue weighted by Crippen LogP contribution is -2.57. The van der Waals surface area contributed by atoms with Crippen LogP contribution in [0.5, 0.6) is 5.88 Å². The van der Waals surface area contributed by atoms with E-state index in [0.29, 0.717) is 25.6 Å². The summed E-state index contributed by atoms with van der Waals surface area (Å²) < 4.78 is 24.2. The third-order valence-corrected chi connectivity index (χ3v) is 8.07. The minimum absolute atomic E-state index is 0.175. The first-order valence-corrected chi connectivity index (χ1v) is 13.8. The summed E-state index contributed by atoms with van der Waals surface area (Å²) in [5, 5.41) is 20.5. The van der Waals surface area contributed by atoms with E-state index in [1.54, 1.807) is 18.2 Å². The zero-order valence-electron chi connectivity index (χ0n) is 20.6. The second-order valence-electron chi connectivity index (χ2n) is 8.27. The fourth-order valence-corrected chi connectivity index (χ4v) is 6.01. The predicted octanol–water partition coefficient (Wildman–Crippen LogP) is 3.90. The molecular formula is C23H22Cl2N4O8S2. The van der Waals surface area contributed by atoms with Crippen LogP contribution in [0, 0.1) is 0 Å². The average Bonchev–Trinajstić information content (AvgIpc) is 3.50. The average molecular weight is 617 g/mol. The number of hydrogen-bond acceptors (Lipinski definition) is 13. The summed E-state index contributed by atoms with van der Waals surface area (Å²) in [4.78, 5) is 40.7. The molecule has 0 radical (unpaired) electrons. The highest BCUT2D eigenvalue weighted by Gasteiger charge is 2.52. The molecule has 208 valence electrons. The van der Waals surface area contributed by atoms with Crippen LogP contribution in [0.3, 0.4) is 0 Å². The Morgan fingerprint density at radius 2 is 1.82 bits per heavy atom. The molecule has 0 saturated carbocycles. The lowest BCUT2D eigenvalue weighted by atomic mass is 9.96. The number of nitrogens with zero attached hydrogens (tertiary/aromatic N) is 4. The quantitative estimate of drug-likeness (QED) is 0.288. The zero-order valence-corrected chi connectivity index (χ0v) is 23.8. The van der Waals surface area contributed by atoms with Crippen molar-refractivity contribution in [2.24, 2.45) is 0 Å². The molecule has 1 N–H and O–H groups in total. The third kappa shape index (κ3) is 7.19. The van der Waals surface area contributed by atoms with E-state index < -0.39 is 47.7 Å². The Balaban J connectivity index is 1.79. The molecule has 0 spiro atoms. The Morgan fingerprint density at radius 3 is 2.44 bits per heavy atom. The lowest BCUT2D eigenvalue weighted by Gasteiger charge is -2.44. The Bertz CT molecular complexity index is 1370. The molecule has 4 rings (SSSR count). The van der Waals surface area contributed by atoms with Crippen molar-refractivity contribution in [3.8, 4) is 16.6 Å². The van der Waals surface area contributed by atoms with E-state index in [4.69, 9.17) is 42.1 Å². The molecule has 0 aliphatic carbocycles. The van der Waals surface area contributed by atoms with Crippen molar-refractivity contribution >= 4 is 64.2 Å². The van der Waals surface area contributed by atoms with Crippen LogP contribution in [-0.4, -0.2) is 73.3 Å². The smallest absolute Gasteiger partial charge is 0.303 e. The van der Waals surface area contributed by atoms with Crippen LogP contribution < -0.4 is 0 Å². The molecule has 2 aromatic heterocycles. The van der Waals surface area contributed by atoms with Crippen molar-refractivity contribution < 1.29 is 38.4 Å². The number of halogens is 2. The first kappa shape index (κ1) is 29.1. The minimum atomic E-state index is -1.11. The molecular weight excluding hydrogens is 595 g/mol. The molecule has 5 atom stereocenters. The third-order valence-electron chi connectivity index (χ3n) is 5.34. The molecule has 3 heterocycles. The Morgan fingerprint density at radius 1 is 1.10 bits per heavy atom. The SMILES string of the molecule is CC(=O)OC[C@H]1O[C@H](Sc2ccc(Cl)c(Cl)c2)[C@H](OC(C)=O)[C@@H](n2cc(-c3nc(O)cs3)nn2)[C@H]1OC(C)=O. The van der Waals surface area contributed by atoms with Gasteiger partial charge in [0.2, 0.25) is 5.88 Å². The Labute approximate surface area is 240 Å². The van der Waals surface area contributed by atoms with Gasteiger partial charge in [0.1, 0.15) is 34.9 Å². The van der Waals surface area contributed by atoms with Crippen LogP contribution in [0.2, 0.25) is 10.0 Å². The summed E-state index contributed by atoms with van der Waals surface area (Å²) in [5.41, 5.74) is -0.583. The number of thioether (sulfide) groups is 1. The van der Waals surface area contributed by atoms with Crippen LogP contribution in [0.4, 0.5) is 0 Å². The van der Waals surface area contributed by atoms with Crippen LogP contribution in [-0.2, 0) is 33.3 Å². The van der Waals surface area contributed by atoms with E-state index in [2.05, 4.69) is 15.3 Å². The summed E-state index contributed by atoms with van der Waals surface area (Å²) in [7, 11) is 0. The fourth-order valence-electron chi connectivity index (χ4n) is 3.87. The number of ether oxygens (including phenoxy) is 4. The molecule has 3 aromatic rings. The van der Waals surface area contributed by atoms with Gasteiger partial charge in [-0.2, -0.15) is 0 Å². The number of esters is 3. The van der Waals surface area contributed by atoms with Crippen LogP contribution in [0.15, 0.2) is 34.7 Å².